The van der Waals surface area contributed by atoms with Crippen LogP contribution in [0.1, 0.15) is 17.3 Å². The Hall–Kier alpha value is -0.780. The van der Waals surface area contributed by atoms with Crippen molar-refractivity contribution in [1.82, 2.24) is 5.32 Å². The molecule has 0 atom stereocenters. The van der Waals surface area contributed by atoms with Gasteiger partial charge in [-0.2, -0.15) is 0 Å². The molecule has 0 aliphatic heterocycles. The summed E-state index contributed by atoms with van der Waals surface area (Å²) in [5.41, 5.74) is 6.38. The Balaban J connectivity index is 3.10. The van der Waals surface area contributed by atoms with Gasteiger partial charge in [-0.25, -0.2) is 0 Å². The predicted molar refractivity (Wildman–Crippen MR) is 60.0 cm³/mol. The van der Waals surface area contributed by atoms with Crippen LogP contribution in [0.4, 0.5) is 5.69 Å². The zero-order chi connectivity index (χ0) is 9.84. The molecule has 2 N–H and O–H groups in total. The fourth-order valence-corrected chi connectivity index (χ4v) is 1.51. The molecule has 0 fully saturated rings. The SMILES string of the molecule is CC[N]c1ccc(I)cc1C(N)=O. The molecule has 0 bridgehead atoms. The van der Waals surface area contributed by atoms with Crippen molar-refractivity contribution in [3.8, 4) is 0 Å². The smallest absolute Gasteiger partial charge is 0.250 e. The van der Waals surface area contributed by atoms with Gasteiger partial charge in [0.05, 0.1) is 11.3 Å². The van der Waals surface area contributed by atoms with E-state index < -0.39 is 5.91 Å². The van der Waals surface area contributed by atoms with Crippen molar-refractivity contribution >= 4 is 34.2 Å². The summed E-state index contributed by atoms with van der Waals surface area (Å²) in [5.74, 6) is -0.425. The Labute approximate surface area is 90.8 Å². The maximum absolute atomic E-state index is 11.0. The third-order valence-electron chi connectivity index (χ3n) is 1.55. The van der Waals surface area contributed by atoms with Crippen LogP contribution in [0.2, 0.25) is 0 Å². The largest absolute Gasteiger partial charge is 0.366 e. The Morgan fingerprint density at radius 1 is 1.62 bits per heavy atom. The van der Waals surface area contributed by atoms with Gasteiger partial charge in [0.2, 0.25) is 0 Å². The summed E-state index contributed by atoms with van der Waals surface area (Å²) in [4.78, 5) is 11.0. The number of rotatable bonds is 3. The molecule has 0 unspecified atom stereocenters. The first-order valence-corrected chi connectivity index (χ1v) is 5.00. The number of nitrogens with two attached hydrogens (primary N) is 1. The van der Waals surface area contributed by atoms with Crippen LogP contribution in [-0.2, 0) is 0 Å². The van der Waals surface area contributed by atoms with Crippen LogP contribution in [0, 0.1) is 3.57 Å². The van der Waals surface area contributed by atoms with Gasteiger partial charge in [0.15, 0.2) is 0 Å². The summed E-state index contributed by atoms with van der Waals surface area (Å²) in [6.07, 6.45) is 0. The van der Waals surface area contributed by atoms with Crippen LogP contribution in [0.3, 0.4) is 0 Å². The highest BCUT2D eigenvalue weighted by Crippen LogP contribution is 2.18. The highest BCUT2D eigenvalue weighted by Gasteiger charge is 2.08. The highest BCUT2D eigenvalue weighted by molar-refractivity contribution is 14.1. The molecule has 0 saturated heterocycles. The Morgan fingerprint density at radius 2 is 2.31 bits per heavy atom. The first-order valence-electron chi connectivity index (χ1n) is 3.92. The van der Waals surface area contributed by atoms with Crippen LogP contribution in [0.15, 0.2) is 18.2 Å². The van der Waals surface area contributed by atoms with E-state index in [0.29, 0.717) is 17.8 Å². The van der Waals surface area contributed by atoms with Crippen LogP contribution < -0.4 is 11.1 Å². The quantitative estimate of drug-likeness (QED) is 0.845. The van der Waals surface area contributed by atoms with Crippen molar-refractivity contribution in [3.63, 3.8) is 0 Å². The fraction of sp³-hybridized carbons (Fsp3) is 0.222. The van der Waals surface area contributed by atoms with E-state index in [0.717, 1.165) is 3.57 Å². The second-order valence-electron chi connectivity index (χ2n) is 2.50. The second-order valence-corrected chi connectivity index (χ2v) is 3.75. The molecular formula is C9H10IN2O. The fourth-order valence-electron chi connectivity index (χ4n) is 1.01. The second kappa shape index (κ2) is 4.45. The monoisotopic (exact) mass is 289 g/mol. The number of nitrogens with zero attached hydrogens (tertiary/aromatic N) is 1. The van der Waals surface area contributed by atoms with Crippen molar-refractivity contribution < 1.29 is 4.79 Å². The minimum Gasteiger partial charge on any atom is -0.366 e. The van der Waals surface area contributed by atoms with Crippen molar-refractivity contribution in [2.24, 2.45) is 5.73 Å². The molecular weight excluding hydrogens is 279 g/mol. The maximum atomic E-state index is 11.0. The third kappa shape index (κ3) is 2.58. The van der Waals surface area contributed by atoms with E-state index in [4.69, 9.17) is 5.73 Å². The van der Waals surface area contributed by atoms with Gasteiger partial charge >= 0.3 is 0 Å². The van der Waals surface area contributed by atoms with Gasteiger partial charge in [0.25, 0.3) is 5.91 Å². The van der Waals surface area contributed by atoms with E-state index in [1.807, 2.05) is 19.1 Å². The molecule has 13 heavy (non-hydrogen) atoms. The van der Waals surface area contributed by atoms with E-state index >= 15 is 0 Å². The van der Waals surface area contributed by atoms with E-state index in [1.165, 1.54) is 0 Å². The first-order chi connectivity index (χ1) is 6.15. The molecule has 4 heteroatoms. The molecule has 0 spiro atoms. The predicted octanol–water partition coefficient (Wildman–Crippen LogP) is 1.65. The molecule has 1 aromatic carbocycles. The van der Waals surface area contributed by atoms with Gasteiger partial charge in [0, 0.05) is 10.1 Å². The van der Waals surface area contributed by atoms with E-state index in [2.05, 4.69) is 27.9 Å². The molecule has 69 valence electrons. The zero-order valence-corrected chi connectivity index (χ0v) is 9.41. The summed E-state index contributed by atoms with van der Waals surface area (Å²) in [6.45, 7) is 2.57. The Bertz CT molecular complexity index is 325. The van der Waals surface area contributed by atoms with Crippen LogP contribution in [0.5, 0.6) is 0 Å². The lowest BCUT2D eigenvalue weighted by Crippen LogP contribution is -2.14. The van der Waals surface area contributed by atoms with Gasteiger partial charge in [-0.05, 0) is 47.7 Å². The molecule has 1 aromatic rings. The maximum Gasteiger partial charge on any atom is 0.250 e. The number of carbonyl (C=O) groups is 1. The molecule has 0 aliphatic rings. The summed E-state index contributed by atoms with van der Waals surface area (Å²) in [6, 6.07) is 5.46. The van der Waals surface area contributed by atoms with Gasteiger partial charge < -0.3 is 5.73 Å². The molecule has 3 nitrogen and oxygen atoms in total. The summed E-state index contributed by atoms with van der Waals surface area (Å²) in [5, 5.41) is 4.16. The van der Waals surface area contributed by atoms with Crippen LogP contribution in [-0.4, -0.2) is 12.5 Å². The molecule has 1 radical (unpaired) electrons. The van der Waals surface area contributed by atoms with Gasteiger partial charge in [-0.3, -0.25) is 10.1 Å². The van der Waals surface area contributed by atoms with E-state index in [9.17, 15) is 4.79 Å². The average Bonchev–Trinajstić information content (AvgIpc) is 2.08. The summed E-state index contributed by atoms with van der Waals surface area (Å²) in [7, 11) is 0. The first kappa shape index (κ1) is 10.3. The van der Waals surface area contributed by atoms with Crippen molar-refractivity contribution in [1.29, 1.82) is 0 Å². The third-order valence-corrected chi connectivity index (χ3v) is 2.22. The molecule has 0 aliphatic carbocycles. The highest BCUT2D eigenvalue weighted by atomic mass is 127. The summed E-state index contributed by atoms with van der Waals surface area (Å²) >= 11 is 2.13. The number of hydrogen-bond donors (Lipinski definition) is 1. The number of primary amides is 1. The van der Waals surface area contributed by atoms with Gasteiger partial charge in [-0.15, -0.1) is 0 Å². The Kier molecular flexibility index (Phi) is 3.53. The molecule has 0 saturated carbocycles. The summed E-state index contributed by atoms with van der Waals surface area (Å²) < 4.78 is 0.987. The zero-order valence-electron chi connectivity index (χ0n) is 7.25. The van der Waals surface area contributed by atoms with E-state index in [-0.39, 0.29) is 0 Å². The normalized spacial score (nSPS) is 9.69. The molecule has 1 amide bonds. The number of halogens is 1. The Morgan fingerprint density at radius 3 is 2.85 bits per heavy atom. The van der Waals surface area contributed by atoms with Crippen LogP contribution in [0.25, 0.3) is 0 Å². The van der Waals surface area contributed by atoms with Gasteiger partial charge in [0.1, 0.15) is 0 Å². The lowest BCUT2D eigenvalue weighted by atomic mass is 10.1. The lowest BCUT2D eigenvalue weighted by molar-refractivity contribution is 0.100. The number of benzene rings is 1. The van der Waals surface area contributed by atoms with Crippen molar-refractivity contribution in [3.05, 3.63) is 27.3 Å². The van der Waals surface area contributed by atoms with E-state index in [1.54, 1.807) is 6.07 Å². The molecule has 1 rings (SSSR count). The number of hydrogen-bond acceptors (Lipinski definition) is 1. The molecule has 0 aromatic heterocycles. The minimum atomic E-state index is -0.425. The average molecular weight is 289 g/mol. The topological polar surface area (TPSA) is 57.2 Å². The van der Waals surface area contributed by atoms with Crippen LogP contribution >= 0.6 is 22.6 Å². The van der Waals surface area contributed by atoms with Crippen molar-refractivity contribution in [2.75, 3.05) is 6.54 Å². The number of carbonyl (C=O) groups excluding carboxylic acids is 1. The molecule has 0 heterocycles. The lowest BCUT2D eigenvalue weighted by Gasteiger charge is -2.05. The number of amides is 1. The van der Waals surface area contributed by atoms with Gasteiger partial charge in [-0.1, -0.05) is 0 Å². The van der Waals surface area contributed by atoms with Crippen molar-refractivity contribution in [2.45, 2.75) is 6.92 Å². The standard InChI is InChI=1S/C9H10IN2O/c1-2-12-8-4-3-6(10)5-7(8)9(11)13/h3-5H,2H2,1H3,(H2,11,13). The minimum absolute atomic E-state index is 0.425.